The predicted octanol–water partition coefficient (Wildman–Crippen LogP) is 5.41. The van der Waals surface area contributed by atoms with E-state index in [2.05, 4.69) is 5.32 Å². The van der Waals surface area contributed by atoms with Crippen molar-refractivity contribution in [2.75, 3.05) is 12.0 Å². The van der Waals surface area contributed by atoms with Crippen LogP contribution in [0.3, 0.4) is 0 Å². The summed E-state index contributed by atoms with van der Waals surface area (Å²) in [7, 11) is 0. The van der Waals surface area contributed by atoms with E-state index in [0.717, 1.165) is 27.9 Å². The van der Waals surface area contributed by atoms with E-state index < -0.39 is 0 Å². The summed E-state index contributed by atoms with van der Waals surface area (Å²) < 4.78 is 0. The Morgan fingerprint density at radius 2 is 1.88 bits per heavy atom. The molecule has 1 heterocycles. The van der Waals surface area contributed by atoms with E-state index in [1.54, 1.807) is 24.3 Å². The maximum atomic E-state index is 12.5. The summed E-state index contributed by atoms with van der Waals surface area (Å²) in [6, 6.07) is 12.6. The van der Waals surface area contributed by atoms with Gasteiger partial charge < -0.3 is 5.32 Å². The number of benzene rings is 2. The van der Waals surface area contributed by atoms with Crippen molar-refractivity contribution in [2.24, 2.45) is 0 Å². The molecule has 0 aliphatic carbocycles. The van der Waals surface area contributed by atoms with Crippen LogP contribution in [0.4, 0.5) is 10.5 Å². The van der Waals surface area contributed by atoms with E-state index in [-0.39, 0.29) is 17.8 Å². The van der Waals surface area contributed by atoms with Crippen molar-refractivity contribution in [3.63, 3.8) is 0 Å². The molecule has 2 amide bonds. The number of anilines is 1. The molecule has 4 nitrogen and oxygen atoms in total. The number of carbonyl (C=O) groups is 2. The first kappa shape index (κ1) is 17.9. The van der Waals surface area contributed by atoms with E-state index in [0.29, 0.717) is 20.5 Å². The van der Waals surface area contributed by atoms with Gasteiger partial charge >= 0.3 is 0 Å². The lowest BCUT2D eigenvalue weighted by Gasteiger charge is -2.15. The second-order valence-corrected chi connectivity index (χ2v) is 7.24. The molecule has 128 valence electrons. The van der Waals surface area contributed by atoms with Gasteiger partial charge in [-0.3, -0.25) is 14.5 Å². The summed E-state index contributed by atoms with van der Waals surface area (Å²) in [6.45, 7) is 1.98. The minimum atomic E-state index is -0.347. The van der Waals surface area contributed by atoms with Gasteiger partial charge in [-0.2, -0.15) is 0 Å². The number of rotatable bonds is 4. The van der Waals surface area contributed by atoms with Gasteiger partial charge in [0.2, 0.25) is 0 Å². The second-order valence-electron chi connectivity index (χ2n) is 5.43. The van der Waals surface area contributed by atoms with Crippen LogP contribution in [-0.2, 0) is 4.79 Å². The van der Waals surface area contributed by atoms with Crippen molar-refractivity contribution >= 4 is 57.9 Å². The first-order valence-electron chi connectivity index (χ1n) is 7.45. The molecule has 0 spiro atoms. The minimum absolute atomic E-state index is 0.0733. The zero-order chi connectivity index (χ0) is 18.0. The Hall–Kier alpha value is -1.95. The van der Waals surface area contributed by atoms with E-state index >= 15 is 0 Å². The molecule has 0 aromatic heterocycles. The zero-order valence-corrected chi connectivity index (χ0v) is 15.6. The molecule has 0 bridgehead atoms. The van der Waals surface area contributed by atoms with Crippen molar-refractivity contribution in [3.05, 3.63) is 68.5 Å². The summed E-state index contributed by atoms with van der Waals surface area (Å²) in [5, 5.41) is 3.87. The molecular formula is C18H14Cl2N2O2S. The molecular weight excluding hydrogens is 379 g/mol. The van der Waals surface area contributed by atoms with E-state index in [1.807, 2.05) is 31.2 Å². The van der Waals surface area contributed by atoms with Crippen LogP contribution in [-0.4, -0.2) is 22.7 Å². The molecule has 0 unspecified atom stereocenters. The topological polar surface area (TPSA) is 49.4 Å². The van der Waals surface area contributed by atoms with Crippen LogP contribution in [0.25, 0.3) is 6.08 Å². The monoisotopic (exact) mass is 392 g/mol. The highest BCUT2D eigenvalue weighted by Gasteiger charge is 2.34. The fourth-order valence-electron chi connectivity index (χ4n) is 2.24. The van der Waals surface area contributed by atoms with E-state index in [9.17, 15) is 9.59 Å². The predicted molar refractivity (Wildman–Crippen MR) is 104 cm³/mol. The highest BCUT2D eigenvalue weighted by atomic mass is 35.5. The standard InChI is InChI=1S/C18H14Cl2N2O2S/c1-11-6-7-13(9-15(11)20)21-10-22-17(23)16(25-18(22)24)8-12-4-2-3-5-14(12)19/h2-9,21H,10H2,1H3. The third-order valence-corrected chi connectivity index (χ3v) is 5.34. The molecule has 2 aromatic rings. The van der Waals surface area contributed by atoms with Crippen LogP contribution in [0.2, 0.25) is 10.0 Å². The lowest BCUT2D eigenvalue weighted by Crippen LogP contribution is -2.33. The summed E-state index contributed by atoms with van der Waals surface area (Å²) >= 11 is 13.1. The maximum absolute atomic E-state index is 12.5. The maximum Gasteiger partial charge on any atom is 0.295 e. The number of halogens is 2. The largest absolute Gasteiger partial charge is 0.367 e. The normalized spacial score (nSPS) is 16.0. The van der Waals surface area contributed by atoms with E-state index in [1.165, 1.54) is 0 Å². The van der Waals surface area contributed by atoms with Crippen LogP contribution >= 0.6 is 35.0 Å². The third kappa shape index (κ3) is 4.00. The highest BCUT2D eigenvalue weighted by molar-refractivity contribution is 8.18. The van der Waals surface area contributed by atoms with Gasteiger partial charge in [-0.15, -0.1) is 0 Å². The van der Waals surface area contributed by atoms with Crippen LogP contribution in [0.15, 0.2) is 47.4 Å². The summed E-state index contributed by atoms with van der Waals surface area (Å²) in [5.74, 6) is -0.347. The molecule has 3 rings (SSSR count). The van der Waals surface area contributed by atoms with Crippen LogP contribution < -0.4 is 5.32 Å². The number of hydrogen-bond acceptors (Lipinski definition) is 4. The van der Waals surface area contributed by atoms with Crippen LogP contribution in [0.5, 0.6) is 0 Å². The Balaban J connectivity index is 1.73. The number of aryl methyl sites for hydroxylation is 1. The molecule has 1 N–H and O–H groups in total. The number of nitrogens with zero attached hydrogens (tertiary/aromatic N) is 1. The van der Waals surface area contributed by atoms with Crippen LogP contribution in [0, 0.1) is 6.92 Å². The van der Waals surface area contributed by atoms with Gasteiger partial charge in [0.05, 0.1) is 11.6 Å². The Labute approximate surface area is 159 Å². The molecule has 25 heavy (non-hydrogen) atoms. The highest BCUT2D eigenvalue weighted by Crippen LogP contribution is 2.33. The lowest BCUT2D eigenvalue weighted by molar-refractivity contribution is -0.122. The molecule has 1 saturated heterocycles. The first-order chi connectivity index (χ1) is 12.0. The average molecular weight is 393 g/mol. The van der Waals surface area contributed by atoms with Crippen molar-refractivity contribution in [2.45, 2.75) is 6.92 Å². The molecule has 0 radical (unpaired) electrons. The molecule has 1 aliphatic heterocycles. The summed E-state index contributed by atoms with van der Waals surface area (Å²) in [5.41, 5.74) is 2.40. The van der Waals surface area contributed by atoms with Gasteiger partial charge in [0.25, 0.3) is 11.1 Å². The zero-order valence-electron chi connectivity index (χ0n) is 13.3. The van der Waals surface area contributed by atoms with Gasteiger partial charge in [-0.1, -0.05) is 47.5 Å². The summed E-state index contributed by atoms with van der Waals surface area (Å²) in [6.07, 6.45) is 1.63. The van der Waals surface area contributed by atoms with Crippen LogP contribution in [0.1, 0.15) is 11.1 Å². The molecule has 1 aliphatic rings. The molecule has 0 atom stereocenters. The molecule has 7 heteroatoms. The lowest BCUT2D eigenvalue weighted by atomic mass is 10.2. The number of amides is 2. The molecule has 0 saturated carbocycles. The van der Waals surface area contributed by atoms with Gasteiger partial charge in [0.15, 0.2) is 0 Å². The Morgan fingerprint density at radius 3 is 2.60 bits per heavy atom. The van der Waals surface area contributed by atoms with Crippen molar-refractivity contribution < 1.29 is 9.59 Å². The third-order valence-electron chi connectivity index (χ3n) is 3.68. The van der Waals surface area contributed by atoms with Crippen molar-refractivity contribution in [1.82, 2.24) is 4.90 Å². The minimum Gasteiger partial charge on any atom is -0.367 e. The molecule has 2 aromatic carbocycles. The Morgan fingerprint density at radius 1 is 1.12 bits per heavy atom. The number of imide groups is 1. The Kier molecular flexibility index (Phi) is 5.37. The van der Waals surface area contributed by atoms with Gasteiger partial charge in [-0.05, 0) is 54.1 Å². The SMILES string of the molecule is Cc1ccc(NCN2C(=O)SC(=Cc3ccccc3Cl)C2=O)cc1Cl. The van der Waals surface area contributed by atoms with Gasteiger partial charge in [0.1, 0.15) is 0 Å². The van der Waals surface area contributed by atoms with Gasteiger partial charge in [-0.25, -0.2) is 0 Å². The van der Waals surface area contributed by atoms with Gasteiger partial charge in [0, 0.05) is 15.7 Å². The number of hydrogen-bond donors (Lipinski definition) is 1. The molecule has 1 fully saturated rings. The fourth-order valence-corrected chi connectivity index (χ4v) is 3.44. The van der Waals surface area contributed by atoms with Crippen molar-refractivity contribution in [3.8, 4) is 0 Å². The average Bonchev–Trinajstić information content (AvgIpc) is 2.85. The second kappa shape index (κ2) is 7.52. The number of nitrogens with one attached hydrogen (secondary N) is 1. The Bertz CT molecular complexity index is 883. The van der Waals surface area contributed by atoms with Crippen molar-refractivity contribution in [1.29, 1.82) is 0 Å². The summed E-state index contributed by atoms with van der Waals surface area (Å²) in [4.78, 5) is 26.1. The number of carbonyl (C=O) groups excluding carboxylic acids is 2. The smallest absolute Gasteiger partial charge is 0.295 e. The quantitative estimate of drug-likeness (QED) is 0.706. The fraction of sp³-hybridized carbons (Fsp3) is 0.111. The van der Waals surface area contributed by atoms with E-state index in [4.69, 9.17) is 23.2 Å². The first-order valence-corrected chi connectivity index (χ1v) is 9.03. The number of thioether (sulfide) groups is 1.